The quantitative estimate of drug-likeness (QED) is 0.0395. The number of allylic oxidation sites excluding steroid dienone is 4. The SMILES string of the molecule is C=C[Si](OC)(OC(=O)CCCCCCC/C=C\CCCCCCCC)OC(=O)CCCCCCC/C=C\CCCCCCCC. The number of unbranched alkanes of at least 4 members (excludes halogenated alkanes) is 22. The zero-order valence-electron chi connectivity index (χ0n) is 29.9. The highest BCUT2D eigenvalue weighted by Crippen LogP contribution is 2.17. The zero-order valence-corrected chi connectivity index (χ0v) is 30.9. The summed E-state index contributed by atoms with van der Waals surface area (Å²) in [7, 11) is -2.12. The van der Waals surface area contributed by atoms with Crippen molar-refractivity contribution in [1.82, 2.24) is 0 Å². The highest BCUT2D eigenvalue weighted by atomic mass is 28.4. The summed E-state index contributed by atoms with van der Waals surface area (Å²) in [4.78, 5) is 25.0. The number of hydrogen-bond donors (Lipinski definition) is 0. The molecule has 0 saturated heterocycles. The third-order valence-electron chi connectivity index (χ3n) is 8.33. The maximum atomic E-state index is 12.5. The van der Waals surface area contributed by atoms with E-state index in [9.17, 15) is 9.59 Å². The van der Waals surface area contributed by atoms with E-state index in [4.69, 9.17) is 13.3 Å². The highest BCUT2D eigenvalue weighted by molar-refractivity contribution is 6.69. The van der Waals surface area contributed by atoms with E-state index in [0.29, 0.717) is 12.8 Å². The maximum absolute atomic E-state index is 12.5. The van der Waals surface area contributed by atoms with Crippen LogP contribution < -0.4 is 0 Å². The molecule has 0 radical (unpaired) electrons. The summed E-state index contributed by atoms with van der Waals surface area (Å²) in [6.07, 6.45) is 41.3. The molecular weight excluding hydrogens is 577 g/mol. The van der Waals surface area contributed by atoms with Gasteiger partial charge in [0.15, 0.2) is 0 Å². The first-order valence-corrected chi connectivity index (χ1v) is 20.8. The third kappa shape index (κ3) is 29.5. The van der Waals surface area contributed by atoms with Crippen molar-refractivity contribution < 1.29 is 22.9 Å². The molecule has 0 saturated carbocycles. The second kappa shape index (κ2) is 33.7. The first-order valence-electron chi connectivity index (χ1n) is 19.0. The molecule has 0 atom stereocenters. The lowest BCUT2D eigenvalue weighted by Gasteiger charge is -2.23. The third-order valence-corrected chi connectivity index (χ3v) is 10.4. The lowest BCUT2D eigenvalue weighted by Crippen LogP contribution is -2.46. The van der Waals surface area contributed by atoms with Crippen LogP contribution in [0.4, 0.5) is 0 Å². The summed E-state index contributed by atoms with van der Waals surface area (Å²) in [6, 6.07) is 0. The Bertz CT molecular complexity index is 694. The first kappa shape index (κ1) is 43.3. The van der Waals surface area contributed by atoms with Gasteiger partial charge in [0.25, 0.3) is 11.9 Å². The van der Waals surface area contributed by atoms with Crippen molar-refractivity contribution in [3.63, 3.8) is 0 Å². The summed E-state index contributed by atoms with van der Waals surface area (Å²) in [5, 5.41) is 0. The van der Waals surface area contributed by atoms with E-state index in [1.54, 1.807) is 0 Å². The molecular formula is C39H72O5Si. The van der Waals surface area contributed by atoms with Crippen LogP contribution in [0.1, 0.15) is 194 Å². The smallest absolute Gasteiger partial charge is 0.461 e. The molecule has 0 amide bonds. The van der Waals surface area contributed by atoms with Gasteiger partial charge >= 0.3 is 8.80 Å². The molecule has 0 fully saturated rings. The minimum absolute atomic E-state index is 0.301. The average Bonchev–Trinajstić information content (AvgIpc) is 3.04. The van der Waals surface area contributed by atoms with Crippen molar-refractivity contribution in [3.05, 3.63) is 36.6 Å². The zero-order chi connectivity index (χ0) is 33.1. The van der Waals surface area contributed by atoms with Crippen LogP contribution in [0.5, 0.6) is 0 Å². The van der Waals surface area contributed by atoms with E-state index in [0.717, 1.165) is 51.4 Å². The Balaban J connectivity index is 3.86. The molecule has 0 N–H and O–H groups in total. The molecule has 0 heterocycles. The van der Waals surface area contributed by atoms with Crippen LogP contribution in [-0.2, 0) is 22.9 Å². The number of hydrogen-bond acceptors (Lipinski definition) is 5. The fourth-order valence-electron chi connectivity index (χ4n) is 5.37. The topological polar surface area (TPSA) is 61.8 Å². The van der Waals surface area contributed by atoms with Gasteiger partial charge in [-0.1, -0.05) is 147 Å². The van der Waals surface area contributed by atoms with Crippen LogP contribution in [0.25, 0.3) is 0 Å². The lowest BCUT2D eigenvalue weighted by molar-refractivity contribution is -0.144. The van der Waals surface area contributed by atoms with E-state index in [-0.39, 0.29) is 11.9 Å². The fraction of sp³-hybridized carbons (Fsp3) is 0.795. The van der Waals surface area contributed by atoms with E-state index in [1.165, 1.54) is 128 Å². The van der Waals surface area contributed by atoms with Gasteiger partial charge < -0.3 is 13.3 Å². The number of rotatable bonds is 34. The molecule has 0 spiro atoms. The average molecular weight is 649 g/mol. The van der Waals surface area contributed by atoms with Gasteiger partial charge in [-0.05, 0) is 64.2 Å². The van der Waals surface area contributed by atoms with E-state index < -0.39 is 8.80 Å². The predicted molar refractivity (Wildman–Crippen MR) is 194 cm³/mol. The molecule has 6 heteroatoms. The minimum Gasteiger partial charge on any atom is -0.461 e. The molecule has 0 aromatic heterocycles. The van der Waals surface area contributed by atoms with Crippen molar-refractivity contribution in [2.75, 3.05) is 7.11 Å². The van der Waals surface area contributed by atoms with Crippen molar-refractivity contribution in [2.24, 2.45) is 0 Å². The van der Waals surface area contributed by atoms with E-state index in [2.05, 4.69) is 44.7 Å². The van der Waals surface area contributed by atoms with Crippen LogP contribution in [0.3, 0.4) is 0 Å². The van der Waals surface area contributed by atoms with Gasteiger partial charge in [-0.25, -0.2) is 0 Å². The maximum Gasteiger partial charge on any atom is 0.664 e. The molecule has 0 aliphatic heterocycles. The van der Waals surface area contributed by atoms with E-state index in [1.807, 2.05) is 0 Å². The Kier molecular flexibility index (Phi) is 32.4. The Hall–Kier alpha value is -1.66. The molecule has 0 bridgehead atoms. The van der Waals surface area contributed by atoms with Crippen LogP contribution in [-0.4, -0.2) is 27.9 Å². The molecule has 45 heavy (non-hydrogen) atoms. The normalized spacial score (nSPS) is 11.9. The largest absolute Gasteiger partial charge is 0.664 e. The Morgan fingerprint density at radius 3 is 1.07 bits per heavy atom. The van der Waals surface area contributed by atoms with Crippen molar-refractivity contribution in [3.8, 4) is 0 Å². The van der Waals surface area contributed by atoms with Crippen molar-refractivity contribution in [2.45, 2.75) is 194 Å². The van der Waals surface area contributed by atoms with E-state index >= 15 is 0 Å². The first-order chi connectivity index (χ1) is 22.0. The van der Waals surface area contributed by atoms with Crippen LogP contribution in [0, 0.1) is 0 Å². The molecule has 0 rings (SSSR count). The second-order valence-corrected chi connectivity index (χ2v) is 15.1. The monoisotopic (exact) mass is 649 g/mol. The Morgan fingerprint density at radius 1 is 0.489 bits per heavy atom. The van der Waals surface area contributed by atoms with Crippen molar-refractivity contribution >= 4 is 20.7 Å². The van der Waals surface area contributed by atoms with Gasteiger partial charge in [-0.15, -0.1) is 0 Å². The second-order valence-electron chi connectivity index (χ2n) is 12.6. The van der Waals surface area contributed by atoms with Crippen molar-refractivity contribution in [1.29, 1.82) is 0 Å². The Labute approximate surface area is 280 Å². The van der Waals surface area contributed by atoms with Crippen LogP contribution >= 0.6 is 0 Å². The molecule has 0 unspecified atom stereocenters. The molecule has 0 aromatic rings. The number of carbonyl (C=O) groups excluding carboxylic acids is 2. The summed E-state index contributed by atoms with van der Waals surface area (Å²) < 4.78 is 16.5. The summed E-state index contributed by atoms with van der Waals surface area (Å²) in [5.41, 5.74) is 1.38. The van der Waals surface area contributed by atoms with Gasteiger partial charge in [-0.2, -0.15) is 0 Å². The summed E-state index contributed by atoms with van der Waals surface area (Å²) in [6.45, 7) is 8.25. The van der Waals surface area contributed by atoms with Gasteiger partial charge in [-0.3, -0.25) is 9.59 Å². The summed E-state index contributed by atoms with van der Waals surface area (Å²) >= 11 is 0. The number of carbonyl (C=O) groups is 2. The molecule has 5 nitrogen and oxygen atoms in total. The van der Waals surface area contributed by atoms with Gasteiger partial charge in [0.2, 0.25) is 0 Å². The highest BCUT2D eigenvalue weighted by Gasteiger charge is 2.45. The Morgan fingerprint density at radius 2 is 0.778 bits per heavy atom. The van der Waals surface area contributed by atoms with Crippen LogP contribution in [0.15, 0.2) is 36.6 Å². The fourth-order valence-corrected chi connectivity index (χ4v) is 6.75. The molecule has 0 aliphatic carbocycles. The summed E-state index contributed by atoms with van der Waals surface area (Å²) in [5.74, 6) is -0.760. The van der Waals surface area contributed by atoms with Crippen LogP contribution in [0.2, 0.25) is 0 Å². The standard InChI is InChI=1S/C39H72O5Si/c1-5-8-10-12-14-16-18-20-22-24-26-28-30-32-34-36-38(40)43-45(7-3,42-4)44-39(41)37-35-33-31-29-27-25-23-21-19-17-15-13-11-9-6-2/h7,20-23H,3,5-6,8-19,24-37H2,1-2,4H3/b22-20-,23-21-. The van der Waals surface area contributed by atoms with Gasteiger partial charge in [0.1, 0.15) is 0 Å². The van der Waals surface area contributed by atoms with Gasteiger partial charge in [0.05, 0.1) is 0 Å². The van der Waals surface area contributed by atoms with Gasteiger partial charge in [0, 0.05) is 25.7 Å². The molecule has 0 aliphatic rings. The molecule has 262 valence electrons. The molecule has 0 aromatic carbocycles. The lowest BCUT2D eigenvalue weighted by atomic mass is 10.1. The minimum atomic E-state index is -3.54. The predicted octanol–water partition coefficient (Wildman–Crippen LogP) is 12.5.